The third kappa shape index (κ3) is 8.58. The molecular weight excluding hydrogens is 1170 g/mol. The van der Waals surface area contributed by atoms with Crippen molar-refractivity contribution in [2.45, 2.75) is 114 Å². The smallest absolute Gasteiger partial charge is 0.163 e. The lowest BCUT2D eigenvalue weighted by Gasteiger charge is -2.45. The van der Waals surface area contributed by atoms with Crippen molar-refractivity contribution in [3.8, 4) is 23.0 Å². The van der Waals surface area contributed by atoms with E-state index in [0.29, 0.717) is 105 Å². The molecule has 15 nitrogen and oxygen atoms in total. The van der Waals surface area contributed by atoms with Gasteiger partial charge in [-0.2, -0.15) is 0 Å². The second-order valence-corrected chi connectivity index (χ2v) is 25.6. The minimum Gasteiger partial charge on any atom is -0.492 e. The molecule has 470 valence electrons. The van der Waals surface area contributed by atoms with E-state index in [1.807, 2.05) is 60.7 Å². The number of hydrogen-bond acceptors (Lipinski definition) is 13. The van der Waals surface area contributed by atoms with E-state index in [9.17, 15) is 0 Å². The molecule has 6 aromatic carbocycles. The van der Waals surface area contributed by atoms with Gasteiger partial charge >= 0.3 is 0 Å². The number of aromatic nitrogens is 8. The van der Waals surface area contributed by atoms with E-state index in [1.165, 1.54) is 0 Å². The average molecular weight is 1250 g/mol. The largest absolute Gasteiger partial charge is 0.492 e. The van der Waals surface area contributed by atoms with Crippen molar-refractivity contribution in [1.82, 2.24) is 39.9 Å². The highest BCUT2D eigenvalue weighted by Crippen LogP contribution is 2.83. The highest BCUT2D eigenvalue weighted by Gasteiger charge is 2.83. The molecule has 8 atom stereocenters. The van der Waals surface area contributed by atoms with Crippen molar-refractivity contribution in [2.24, 2.45) is 11.8 Å². The number of nitrogens with one attached hydrogen (secondary N) is 2. The molecule has 1 saturated heterocycles. The van der Waals surface area contributed by atoms with Crippen molar-refractivity contribution in [3.63, 3.8) is 0 Å². The van der Waals surface area contributed by atoms with Gasteiger partial charge in [0, 0.05) is 34.1 Å². The summed E-state index contributed by atoms with van der Waals surface area (Å²) in [6.45, 7) is 10.4. The Hall–Kier alpha value is -9.83. The van der Waals surface area contributed by atoms with Crippen LogP contribution in [0.2, 0.25) is 0 Å². The van der Waals surface area contributed by atoms with Gasteiger partial charge in [0.1, 0.15) is 57.8 Å². The zero-order valence-electron chi connectivity index (χ0n) is 53.2. The minimum atomic E-state index is -1.21. The van der Waals surface area contributed by atoms with Crippen LogP contribution in [0.1, 0.15) is 148 Å². The number of nitrogens with zero attached hydrogens (tertiary/aromatic N) is 6. The number of Topliss-reactive ketones (excluding diaryl/α,β-unsaturated/α-hetero) is 1. The maximum absolute atomic E-state index is 17.6. The molecule has 0 amide bonds. The molecule has 1 saturated carbocycles. The Labute approximate surface area is 544 Å². The minimum absolute atomic E-state index is 0.142. The van der Waals surface area contributed by atoms with Crippen LogP contribution in [0.15, 0.2) is 170 Å². The number of benzene rings is 6. The van der Waals surface area contributed by atoms with Crippen molar-refractivity contribution in [1.29, 1.82) is 0 Å². The van der Waals surface area contributed by atoms with Crippen LogP contribution in [-0.4, -0.2) is 72.1 Å². The number of allylic oxidation sites excluding steroid dienone is 2. The Balaban J connectivity index is 0.985. The molecule has 94 heavy (non-hydrogen) atoms. The zero-order valence-corrected chi connectivity index (χ0v) is 53.2. The van der Waals surface area contributed by atoms with E-state index in [-0.39, 0.29) is 18.0 Å². The van der Waals surface area contributed by atoms with Gasteiger partial charge in [-0.05, 0) is 83.3 Å². The van der Waals surface area contributed by atoms with Crippen LogP contribution in [0.4, 0.5) is 0 Å². The summed E-state index contributed by atoms with van der Waals surface area (Å²) < 4.78 is 43.2. The number of carbonyl (C=O) groups excluding carboxylic acids is 1. The van der Waals surface area contributed by atoms with Crippen molar-refractivity contribution >= 4 is 83.7 Å². The van der Waals surface area contributed by atoms with Crippen molar-refractivity contribution in [3.05, 3.63) is 214 Å². The molecule has 17 rings (SSSR count). The monoisotopic (exact) mass is 1240 g/mol. The Kier molecular flexibility index (Phi) is 14.4. The van der Waals surface area contributed by atoms with Crippen LogP contribution in [-0.2, 0) is 25.1 Å². The second kappa shape index (κ2) is 23.3. The summed E-state index contributed by atoms with van der Waals surface area (Å²) in [5.74, 6) is 1.88. The maximum atomic E-state index is 17.6. The van der Waals surface area contributed by atoms with Crippen molar-refractivity contribution < 1.29 is 33.2 Å². The maximum Gasteiger partial charge on any atom is 0.163 e. The third-order valence-electron chi connectivity index (χ3n) is 20.3. The number of fused-ring (bicyclic) bond motifs is 31. The molecule has 15 heteroatoms. The number of hydrogen-bond donors (Lipinski definition) is 2. The first-order valence-electron chi connectivity index (χ1n) is 33.7. The van der Waals surface area contributed by atoms with Gasteiger partial charge in [-0.1, -0.05) is 199 Å². The summed E-state index contributed by atoms with van der Waals surface area (Å²) in [6, 6.07) is 53.5. The Morgan fingerprint density at radius 3 is 1.03 bits per heavy atom. The predicted octanol–water partition coefficient (Wildman–Crippen LogP) is 17.2. The Morgan fingerprint density at radius 1 is 0.383 bits per heavy atom. The van der Waals surface area contributed by atoms with E-state index in [4.69, 9.17) is 58.3 Å². The third-order valence-corrected chi connectivity index (χ3v) is 20.3. The lowest BCUT2D eigenvalue weighted by molar-refractivity contribution is -0.125. The van der Waals surface area contributed by atoms with Crippen LogP contribution < -0.4 is 18.9 Å². The summed E-state index contributed by atoms with van der Waals surface area (Å²) in [7, 11) is 0. The number of aromatic amines is 2. The molecule has 14 bridgehead atoms. The first-order chi connectivity index (χ1) is 46.4. The lowest BCUT2D eigenvalue weighted by Crippen LogP contribution is -2.42. The van der Waals surface area contributed by atoms with Gasteiger partial charge in [-0.15, -0.1) is 0 Å². The number of pyridine rings is 2. The molecule has 0 spiro atoms. The SMILES string of the molecule is CCCCOc1c2c(c(OCCCC)c3c4nc5cccc(n5)nc5[nH]c(nc6cccc(n6)nc([nH]4)c13)c1c(OCCCC)c3c(c(OCCCC)c51)[C@H]1O[C@@H]3C3C1[C@@]1(c4ccccc4)C(=O)C3(c3ccccc3)C(c3ccccc3)=C1c1ccccc1)[C@H]1C=C[C@@H]2O1. The number of ketones is 1. The first kappa shape index (κ1) is 58.0. The number of H-pyrrole nitrogens is 2. The standard InChI is InChI=1S/C79H72N8O7/c1-5-9-41-89-67-55-49-39-40-50(93-49)56(55)68(90-42-10-6-2)60-59(67)73-82-51-35-25-37-53(80-51)84-75-61-62(76(87-75)85-54-38-26-36-52(81-54)83-74(60)86-73)70(92-44-12-8-4)58-57(69(61)91-43-11-7-3)71-65-66(72(58)94-71)79(48-33-23-16-24-34-48)64(46-29-19-14-20-30-46)63(45-27-17-13-18-28-45)78(65,77(79)88)47-31-21-15-22-32-47/h13-40,49-50,65-66,71-72H,5-12,41-44H2,1-4H3,(H2,80,81,82,83,84,85,86,87)/t49-,50+,65?,66?,71-,72+,78+,79?/m1/s1. The predicted molar refractivity (Wildman–Crippen MR) is 365 cm³/mol. The summed E-state index contributed by atoms with van der Waals surface area (Å²) in [5, 5.41) is 2.77. The Bertz CT molecular complexity index is 4710. The fourth-order valence-corrected chi connectivity index (χ4v) is 16.6. The lowest BCUT2D eigenvalue weighted by atomic mass is 9.54. The molecule has 6 aliphatic rings. The number of ether oxygens (including phenoxy) is 6. The molecule has 4 aliphatic heterocycles. The van der Waals surface area contributed by atoms with Crippen LogP contribution in [0.5, 0.6) is 23.0 Å². The number of rotatable bonds is 20. The van der Waals surface area contributed by atoms with E-state index in [2.05, 4.69) is 147 Å². The van der Waals surface area contributed by atoms with Crippen LogP contribution in [0, 0.1) is 11.8 Å². The molecular formula is C79H72N8O7. The summed E-state index contributed by atoms with van der Waals surface area (Å²) in [5.41, 5.74) is 10.5. The number of unbranched alkanes of at least 4 members (excludes halogenated alkanes) is 4. The first-order valence-corrected chi connectivity index (χ1v) is 33.7. The topological polar surface area (TPSA) is 181 Å². The molecule has 5 aromatic heterocycles. The van der Waals surface area contributed by atoms with Gasteiger partial charge in [-0.25, -0.2) is 29.9 Å². The van der Waals surface area contributed by atoms with E-state index < -0.39 is 34.9 Å². The van der Waals surface area contributed by atoms with Crippen LogP contribution in [0.3, 0.4) is 0 Å². The average Bonchev–Trinajstić information content (AvgIpc) is 1.45. The van der Waals surface area contributed by atoms with Gasteiger partial charge in [-0.3, -0.25) is 4.79 Å². The molecule has 2 aliphatic carbocycles. The van der Waals surface area contributed by atoms with Gasteiger partial charge in [0.05, 0.1) is 71.0 Å². The second-order valence-electron chi connectivity index (χ2n) is 25.6. The van der Waals surface area contributed by atoms with Crippen LogP contribution in [0.25, 0.3) is 77.9 Å². The molecule has 0 radical (unpaired) electrons. The van der Waals surface area contributed by atoms with Gasteiger partial charge in [0.25, 0.3) is 0 Å². The fraction of sp³-hybridized carbons (Fsp3) is 0.304. The van der Waals surface area contributed by atoms with Gasteiger partial charge in [0.2, 0.25) is 0 Å². The normalized spacial score (nSPS) is 22.5. The quantitative estimate of drug-likeness (QED) is 0.0544. The Morgan fingerprint density at radius 2 is 0.702 bits per heavy atom. The molecule has 9 heterocycles. The fourth-order valence-electron chi connectivity index (χ4n) is 16.6. The van der Waals surface area contributed by atoms with E-state index in [0.717, 1.165) is 118 Å². The van der Waals surface area contributed by atoms with Gasteiger partial charge in [0.15, 0.2) is 28.4 Å². The van der Waals surface area contributed by atoms with Crippen LogP contribution >= 0.6 is 0 Å². The molecule has 2 fully saturated rings. The summed E-state index contributed by atoms with van der Waals surface area (Å²) in [6.07, 6.45) is 9.17. The number of carbonyl (C=O) groups is 1. The molecule has 3 unspecified atom stereocenters. The molecule has 11 aromatic rings. The zero-order chi connectivity index (χ0) is 63.2. The highest BCUT2D eigenvalue weighted by atomic mass is 16.5. The molecule has 2 N–H and O–H groups in total. The summed E-state index contributed by atoms with van der Waals surface area (Å²) in [4.78, 5) is 57.2. The van der Waals surface area contributed by atoms with E-state index in [1.54, 1.807) is 0 Å². The highest BCUT2D eigenvalue weighted by molar-refractivity contribution is 6.30. The van der Waals surface area contributed by atoms with Crippen molar-refractivity contribution in [2.75, 3.05) is 26.4 Å². The van der Waals surface area contributed by atoms with E-state index >= 15 is 4.79 Å². The summed E-state index contributed by atoms with van der Waals surface area (Å²) >= 11 is 0. The van der Waals surface area contributed by atoms with Gasteiger partial charge < -0.3 is 38.4 Å².